The second-order valence-corrected chi connectivity index (χ2v) is 6.54. The van der Waals surface area contributed by atoms with Crippen LogP contribution in [0.15, 0.2) is 48.8 Å². The second-order valence-electron chi connectivity index (χ2n) is 6.54. The summed E-state index contributed by atoms with van der Waals surface area (Å²) in [7, 11) is 1.76. The van der Waals surface area contributed by atoms with Crippen molar-refractivity contribution in [1.82, 2.24) is 25.1 Å². The molecule has 2 aromatic heterocycles. The molecule has 2 N–H and O–H groups in total. The lowest BCUT2D eigenvalue weighted by molar-refractivity contribution is 0.220. The Kier molecular flexibility index (Phi) is 4.35. The average molecular weight is 348 g/mol. The van der Waals surface area contributed by atoms with E-state index in [1.807, 2.05) is 36.4 Å². The van der Waals surface area contributed by atoms with Crippen LogP contribution in [-0.2, 0) is 6.54 Å². The van der Waals surface area contributed by atoms with E-state index in [-0.39, 0.29) is 6.03 Å². The molecule has 4 rings (SSSR count). The van der Waals surface area contributed by atoms with E-state index in [0.717, 1.165) is 22.6 Å². The molecule has 1 fully saturated rings. The zero-order chi connectivity index (χ0) is 17.9. The molecule has 132 valence electrons. The number of hydrogen-bond donors (Lipinski definition) is 2. The molecular formula is C19H20N6O. The highest BCUT2D eigenvalue weighted by atomic mass is 16.2. The molecule has 1 aromatic carbocycles. The molecule has 1 aliphatic carbocycles. The third-order valence-corrected chi connectivity index (χ3v) is 4.38. The maximum atomic E-state index is 12.3. The fourth-order valence-corrected chi connectivity index (χ4v) is 2.70. The number of pyridine rings is 1. The molecule has 2 heterocycles. The maximum Gasteiger partial charge on any atom is 0.321 e. The van der Waals surface area contributed by atoms with Gasteiger partial charge in [-0.05, 0) is 54.8 Å². The van der Waals surface area contributed by atoms with E-state index < -0.39 is 0 Å². The van der Waals surface area contributed by atoms with Gasteiger partial charge < -0.3 is 10.2 Å². The Labute approximate surface area is 151 Å². The van der Waals surface area contributed by atoms with Crippen molar-refractivity contribution < 1.29 is 4.79 Å². The van der Waals surface area contributed by atoms with E-state index in [0.29, 0.717) is 18.3 Å². The Hall–Kier alpha value is -3.22. The van der Waals surface area contributed by atoms with Gasteiger partial charge in [-0.1, -0.05) is 0 Å². The normalized spacial score (nSPS) is 13.4. The number of nitrogens with one attached hydrogen (secondary N) is 2. The van der Waals surface area contributed by atoms with Gasteiger partial charge in [0.25, 0.3) is 0 Å². The molecule has 0 radical (unpaired) electrons. The summed E-state index contributed by atoms with van der Waals surface area (Å²) in [4.78, 5) is 22.5. The SMILES string of the molecule is CN(Cc1ccncc1)C(=O)Nc1ccc(-c2n[nH]c(C3CC3)n2)cc1. The maximum absolute atomic E-state index is 12.3. The first-order valence-corrected chi connectivity index (χ1v) is 8.63. The number of carbonyl (C=O) groups is 1. The van der Waals surface area contributed by atoms with Crippen LogP contribution >= 0.6 is 0 Å². The van der Waals surface area contributed by atoms with Crippen LogP contribution in [0.1, 0.15) is 30.1 Å². The summed E-state index contributed by atoms with van der Waals surface area (Å²) in [6, 6.07) is 11.2. The van der Waals surface area contributed by atoms with Crippen molar-refractivity contribution in [3.8, 4) is 11.4 Å². The number of nitrogens with zero attached hydrogens (tertiary/aromatic N) is 4. The van der Waals surface area contributed by atoms with Crippen LogP contribution in [-0.4, -0.2) is 38.1 Å². The molecule has 0 bridgehead atoms. The van der Waals surface area contributed by atoms with Gasteiger partial charge in [0.05, 0.1) is 0 Å². The van der Waals surface area contributed by atoms with E-state index >= 15 is 0 Å². The number of aromatic nitrogens is 4. The van der Waals surface area contributed by atoms with Gasteiger partial charge in [0, 0.05) is 43.2 Å². The third kappa shape index (κ3) is 3.72. The van der Waals surface area contributed by atoms with Crippen molar-refractivity contribution >= 4 is 11.7 Å². The van der Waals surface area contributed by atoms with E-state index in [1.54, 1.807) is 24.3 Å². The fraction of sp³-hybridized carbons (Fsp3) is 0.263. The quantitative estimate of drug-likeness (QED) is 0.740. The number of amides is 2. The van der Waals surface area contributed by atoms with E-state index in [2.05, 4.69) is 25.5 Å². The molecule has 2 amide bonds. The first kappa shape index (κ1) is 16.3. The second kappa shape index (κ2) is 6.95. The highest BCUT2D eigenvalue weighted by Crippen LogP contribution is 2.38. The summed E-state index contributed by atoms with van der Waals surface area (Å²) in [5, 5.41) is 10.2. The predicted molar refractivity (Wildman–Crippen MR) is 98.5 cm³/mol. The number of hydrogen-bond acceptors (Lipinski definition) is 4. The average Bonchev–Trinajstić information content (AvgIpc) is 3.40. The van der Waals surface area contributed by atoms with Crippen LogP contribution in [0.5, 0.6) is 0 Å². The summed E-state index contributed by atoms with van der Waals surface area (Å²) >= 11 is 0. The summed E-state index contributed by atoms with van der Waals surface area (Å²) in [6.45, 7) is 0.521. The molecule has 0 spiro atoms. The molecule has 0 unspecified atom stereocenters. The molecular weight excluding hydrogens is 328 g/mol. The molecule has 7 heteroatoms. The van der Waals surface area contributed by atoms with Crippen LogP contribution in [0.2, 0.25) is 0 Å². The standard InChI is InChI=1S/C19H20N6O/c1-25(12-13-8-10-20-11-9-13)19(26)21-16-6-4-15(5-7-16)18-22-17(23-24-18)14-2-3-14/h4-11,14H,2-3,12H2,1H3,(H,21,26)(H,22,23,24). The van der Waals surface area contributed by atoms with Crippen molar-refractivity contribution in [2.75, 3.05) is 12.4 Å². The molecule has 0 saturated heterocycles. The minimum absolute atomic E-state index is 0.163. The van der Waals surface area contributed by atoms with Crippen LogP contribution in [0.4, 0.5) is 10.5 Å². The highest BCUT2D eigenvalue weighted by Gasteiger charge is 2.27. The molecule has 26 heavy (non-hydrogen) atoms. The zero-order valence-corrected chi connectivity index (χ0v) is 14.5. The lowest BCUT2D eigenvalue weighted by Crippen LogP contribution is -2.30. The predicted octanol–water partition coefficient (Wildman–Crippen LogP) is 3.41. The summed E-state index contributed by atoms with van der Waals surface area (Å²) in [6.07, 6.45) is 5.81. The number of urea groups is 1. The van der Waals surface area contributed by atoms with Gasteiger partial charge in [-0.15, -0.1) is 0 Å². The van der Waals surface area contributed by atoms with Crippen molar-refractivity contribution in [3.05, 3.63) is 60.2 Å². The lowest BCUT2D eigenvalue weighted by atomic mass is 10.2. The number of H-pyrrole nitrogens is 1. The number of benzene rings is 1. The Morgan fingerprint density at radius 2 is 1.92 bits per heavy atom. The van der Waals surface area contributed by atoms with Gasteiger partial charge in [-0.3, -0.25) is 10.1 Å². The highest BCUT2D eigenvalue weighted by molar-refractivity contribution is 5.89. The van der Waals surface area contributed by atoms with Crippen LogP contribution in [0.25, 0.3) is 11.4 Å². The monoisotopic (exact) mass is 348 g/mol. The Balaban J connectivity index is 1.37. The molecule has 0 aliphatic heterocycles. The van der Waals surface area contributed by atoms with E-state index in [1.165, 1.54) is 12.8 Å². The topological polar surface area (TPSA) is 86.8 Å². The van der Waals surface area contributed by atoms with Crippen molar-refractivity contribution in [3.63, 3.8) is 0 Å². The summed E-state index contributed by atoms with van der Waals surface area (Å²) < 4.78 is 0. The minimum Gasteiger partial charge on any atom is -0.323 e. The van der Waals surface area contributed by atoms with Crippen molar-refractivity contribution in [2.45, 2.75) is 25.3 Å². The fourth-order valence-electron chi connectivity index (χ4n) is 2.70. The first-order chi connectivity index (χ1) is 12.7. The minimum atomic E-state index is -0.163. The van der Waals surface area contributed by atoms with Gasteiger partial charge in [0.15, 0.2) is 5.82 Å². The van der Waals surface area contributed by atoms with Crippen molar-refractivity contribution in [2.24, 2.45) is 0 Å². The molecule has 1 aliphatic rings. The van der Waals surface area contributed by atoms with E-state index in [4.69, 9.17) is 0 Å². The molecule has 1 saturated carbocycles. The van der Waals surface area contributed by atoms with Gasteiger partial charge in [-0.25, -0.2) is 9.78 Å². The van der Waals surface area contributed by atoms with Gasteiger partial charge in [-0.2, -0.15) is 5.10 Å². The molecule has 0 atom stereocenters. The smallest absolute Gasteiger partial charge is 0.321 e. The number of aromatic amines is 1. The Bertz CT molecular complexity index is 886. The van der Waals surface area contributed by atoms with Crippen LogP contribution in [0.3, 0.4) is 0 Å². The van der Waals surface area contributed by atoms with Gasteiger partial charge in [0.1, 0.15) is 5.82 Å². The Morgan fingerprint density at radius 3 is 2.62 bits per heavy atom. The first-order valence-electron chi connectivity index (χ1n) is 8.63. The van der Waals surface area contributed by atoms with Crippen LogP contribution in [0, 0.1) is 0 Å². The number of anilines is 1. The molecule has 7 nitrogen and oxygen atoms in total. The Morgan fingerprint density at radius 1 is 1.19 bits per heavy atom. The zero-order valence-electron chi connectivity index (χ0n) is 14.5. The molecule has 3 aromatic rings. The third-order valence-electron chi connectivity index (χ3n) is 4.38. The lowest BCUT2D eigenvalue weighted by Gasteiger charge is -2.18. The van der Waals surface area contributed by atoms with Crippen molar-refractivity contribution in [1.29, 1.82) is 0 Å². The largest absolute Gasteiger partial charge is 0.323 e. The van der Waals surface area contributed by atoms with E-state index in [9.17, 15) is 4.79 Å². The van der Waals surface area contributed by atoms with Crippen LogP contribution < -0.4 is 5.32 Å². The number of rotatable bonds is 5. The summed E-state index contributed by atoms with van der Waals surface area (Å²) in [5.74, 6) is 2.21. The summed E-state index contributed by atoms with van der Waals surface area (Å²) in [5.41, 5.74) is 2.69. The van der Waals surface area contributed by atoms with Gasteiger partial charge in [0.2, 0.25) is 0 Å². The number of carbonyl (C=O) groups excluding carboxylic acids is 1. The van der Waals surface area contributed by atoms with Gasteiger partial charge >= 0.3 is 6.03 Å².